The Labute approximate surface area is 215 Å². The van der Waals surface area contributed by atoms with Crippen LogP contribution in [-0.2, 0) is 16.1 Å². The average Bonchev–Trinajstić information content (AvgIpc) is 3.38. The van der Waals surface area contributed by atoms with Crippen molar-refractivity contribution in [1.82, 2.24) is 20.0 Å². The Morgan fingerprint density at radius 1 is 1.06 bits per heavy atom. The highest BCUT2D eigenvalue weighted by molar-refractivity contribution is 14.0. The zero-order valence-electron chi connectivity index (χ0n) is 20.3. The summed E-state index contributed by atoms with van der Waals surface area (Å²) in [5.74, 6) is 2.07. The zero-order chi connectivity index (χ0) is 22.8. The van der Waals surface area contributed by atoms with E-state index in [9.17, 15) is 4.79 Å². The van der Waals surface area contributed by atoms with Crippen molar-refractivity contribution >= 4 is 35.8 Å². The van der Waals surface area contributed by atoms with Gasteiger partial charge in [-0.15, -0.1) is 24.0 Å². The second-order valence-corrected chi connectivity index (χ2v) is 8.46. The molecule has 186 valence electrons. The maximum atomic E-state index is 12.7. The van der Waals surface area contributed by atoms with Crippen molar-refractivity contribution in [2.24, 2.45) is 4.99 Å². The molecule has 8 nitrogen and oxygen atoms in total. The first-order valence-electron chi connectivity index (χ1n) is 11.8. The van der Waals surface area contributed by atoms with Gasteiger partial charge in [0.1, 0.15) is 5.75 Å². The minimum Gasteiger partial charge on any atom is -0.497 e. The standard InChI is InChI=1S/C24H39N5O3.HI/c1-20(23(30)28-12-4-5-13-28)27-14-16-29(17-15-27)24(25-2)26-11-6-18-32-19-21-7-9-22(31-3)10-8-21;/h7-10,20H,4-6,11-19H2,1-3H3,(H,25,26);1H. The van der Waals surface area contributed by atoms with E-state index in [1.165, 1.54) is 0 Å². The molecule has 2 aliphatic heterocycles. The predicted molar refractivity (Wildman–Crippen MR) is 142 cm³/mol. The number of guanidine groups is 1. The van der Waals surface area contributed by atoms with Crippen molar-refractivity contribution in [1.29, 1.82) is 0 Å². The number of rotatable bonds is 9. The number of hydrogen-bond donors (Lipinski definition) is 1. The number of hydrogen-bond acceptors (Lipinski definition) is 5. The highest BCUT2D eigenvalue weighted by atomic mass is 127. The van der Waals surface area contributed by atoms with Gasteiger partial charge in [-0.25, -0.2) is 0 Å². The number of carbonyl (C=O) groups is 1. The van der Waals surface area contributed by atoms with Gasteiger partial charge in [0.05, 0.1) is 19.8 Å². The minimum absolute atomic E-state index is 0. The molecule has 0 bridgehead atoms. The number of nitrogens with one attached hydrogen (secondary N) is 1. The number of likely N-dealkylation sites (tertiary alicyclic amines) is 1. The molecule has 0 radical (unpaired) electrons. The van der Waals surface area contributed by atoms with E-state index in [4.69, 9.17) is 9.47 Å². The first kappa shape index (κ1) is 27.7. The Bertz CT molecular complexity index is 732. The Morgan fingerprint density at radius 2 is 1.73 bits per heavy atom. The van der Waals surface area contributed by atoms with E-state index < -0.39 is 0 Å². The van der Waals surface area contributed by atoms with Crippen LogP contribution in [0.25, 0.3) is 0 Å². The van der Waals surface area contributed by atoms with Crippen LogP contribution in [0.5, 0.6) is 5.75 Å². The molecule has 33 heavy (non-hydrogen) atoms. The van der Waals surface area contributed by atoms with E-state index in [2.05, 4.69) is 27.0 Å². The van der Waals surface area contributed by atoms with Crippen LogP contribution >= 0.6 is 24.0 Å². The summed E-state index contributed by atoms with van der Waals surface area (Å²) in [6.45, 7) is 9.53. The molecular formula is C24H40IN5O3. The van der Waals surface area contributed by atoms with Gasteiger partial charge in [0.2, 0.25) is 5.91 Å². The van der Waals surface area contributed by atoms with Gasteiger partial charge in [-0.1, -0.05) is 12.1 Å². The summed E-state index contributed by atoms with van der Waals surface area (Å²) in [4.78, 5) is 23.7. The molecule has 2 aliphatic rings. The van der Waals surface area contributed by atoms with Gasteiger partial charge in [-0.2, -0.15) is 0 Å². The molecule has 1 amide bonds. The Kier molecular flexibility index (Phi) is 12.3. The third-order valence-electron chi connectivity index (χ3n) is 6.32. The highest BCUT2D eigenvalue weighted by Crippen LogP contribution is 2.14. The van der Waals surface area contributed by atoms with E-state index in [0.717, 1.165) is 82.3 Å². The SMILES string of the molecule is CN=C(NCCCOCc1ccc(OC)cc1)N1CCN(C(C)C(=O)N2CCCC2)CC1.I. The lowest BCUT2D eigenvalue weighted by Crippen LogP contribution is -2.57. The number of ether oxygens (including phenoxy) is 2. The number of piperazine rings is 1. The first-order valence-corrected chi connectivity index (χ1v) is 11.8. The molecule has 1 aromatic rings. The molecule has 1 unspecified atom stereocenters. The fourth-order valence-electron chi connectivity index (χ4n) is 4.30. The zero-order valence-corrected chi connectivity index (χ0v) is 22.6. The van der Waals surface area contributed by atoms with Crippen LogP contribution in [0.3, 0.4) is 0 Å². The number of halogens is 1. The third kappa shape index (κ3) is 8.29. The van der Waals surface area contributed by atoms with Gasteiger partial charge in [0.15, 0.2) is 5.96 Å². The van der Waals surface area contributed by atoms with E-state index >= 15 is 0 Å². The number of amides is 1. The van der Waals surface area contributed by atoms with Gasteiger partial charge >= 0.3 is 0 Å². The third-order valence-corrected chi connectivity index (χ3v) is 6.32. The molecule has 2 saturated heterocycles. The monoisotopic (exact) mass is 573 g/mol. The van der Waals surface area contributed by atoms with Crippen molar-refractivity contribution in [2.45, 2.75) is 38.8 Å². The molecule has 2 heterocycles. The Balaban J connectivity index is 0.00000385. The molecule has 2 fully saturated rings. The number of methoxy groups -OCH3 is 1. The molecule has 3 rings (SSSR count). The van der Waals surface area contributed by atoms with Crippen molar-refractivity contribution < 1.29 is 14.3 Å². The minimum atomic E-state index is -0.0342. The largest absolute Gasteiger partial charge is 0.497 e. The Morgan fingerprint density at radius 3 is 2.33 bits per heavy atom. The van der Waals surface area contributed by atoms with Crippen LogP contribution in [0.2, 0.25) is 0 Å². The van der Waals surface area contributed by atoms with Crippen LogP contribution in [0.1, 0.15) is 31.7 Å². The Hall–Kier alpha value is -1.59. The van der Waals surface area contributed by atoms with E-state index in [1.807, 2.05) is 36.2 Å². The van der Waals surface area contributed by atoms with E-state index in [1.54, 1.807) is 7.11 Å². The summed E-state index contributed by atoms with van der Waals surface area (Å²) in [5.41, 5.74) is 1.14. The van der Waals surface area contributed by atoms with Gasteiger partial charge in [0.25, 0.3) is 0 Å². The summed E-state index contributed by atoms with van der Waals surface area (Å²) < 4.78 is 11.0. The maximum Gasteiger partial charge on any atom is 0.239 e. The summed E-state index contributed by atoms with van der Waals surface area (Å²) in [6.07, 6.45) is 3.19. The topological polar surface area (TPSA) is 69.6 Å². The molecule has 1 N–H and O–H groups in total. The van der Waals surface area contributed by atoms with Gasteiger partial charge < -0.3 is 24.6 Å². The molecule has 0 aromatic heterocycles. The average molecular weight is 574 g/mol. The molecule has 1 aromatic carbocycles. The lowest BCUT2D eigenvalue weighted by Gasteiger charge is -2.39. The van der Waals surface area contributed by atoms with Crippen molar-refractivity contribution in [2.75, 3.05) is 66.6 Å². The fourth-order valence-corrected chi connectivity index (χ4v) is 4.30. The number of nitrogens with zero attached hydrogens (tertiary/aromatic N) is 4. The number of aliphatic imine (C=N–C) groups is 1. The second-order valence-electron chi connectivity index (χ2n) is 8.46. The van der Waals surface area contributed by atoms with Gasteiger partial charge in [-0.05, 0) is 43.9 Å². The van der Waals surface area contributed by atoms with Gasteiger partial charge in [0, 0.05) is 59.5 Å². The van der Waals surface area contributed by atoms with Crippen LogP contribution < -0.4 is 10.1 Å². The fraction of sp³-hybridized carbons (Fsp3) is 0.667. The molecule has 0 aliphatic carbocycles. The summed E-state index contributed by atoms with van der Waals surface area (Å²) in [6, 6.07) is 7.92. The van der Waals surface area contributed by atoms with Crippen molar-refractivity contribution in [3.8, 4) is 5.75 Å². The highest BCUT2D eigenvalue weighted by Gasteiger charge is 2.30. The van der Waals surface area contributed by atoms with Crippen LogP contribution in [-0.4, -0.2) is 99.2 Å². The molecule has 1 atom stereocenters. The van der Waals surface area contributed by atoms with E-state index in [0.29, 0.717) is 13.2 Å². The lowest BCUT2D eigenvalue weighted by atomic mass is 10.2. The molecule has 0 spiro atoms. The quantitative estimate of drug-likeness (QED) is 0.212. The first-order chi connectivity index (χ1) is 15.6. The number of benzene rings is 1. The lowest BCUT2D eigenvalue weighted by molar-refractivity contribution is -0.135. The predicted octanol–water partition coefficient (Wildman–Crippen LogP) is 2.42. The summed E-state index contributed by atoms with van der Waals surface area (Å²) in [5, 5.41) is 3.45. The van der Waals surface area contributed by atoms with Crippen molar-refractivity contribution in [3.63, 3.8) is 0 Å². The van der Waals surface area contributed by atoms with Crippen molar-refractivity contribution in [3.05, 3.63) is 29.8 Å². The summed E-state index contributed by atoms with van der Waals surface area (Å²) in [7, 11) is 3.50. The second kappa shape index (κ2) is 14.6. The molecule has 9 heteroatoms. The molecular weight excluding hydrogens is 533 g/mol. The smallest absolute Gasteiger partial charge is 0.239 e. The van der Waals surface area contributed by atoms with Crippen LogP contribution in [0.15, 0.2) is 29.3 Å². The summed E-state index contributed by atoms with van der Waals surface area (Å²) >= 11 is 0. The van der Waals surface area contributed by atoms with Gasteiger partial charge in [-0.3, -0.25) is 14.7 Å². The van der Waals surface area contributed by atoms with Crippen LogP contribution in [0.4, 0.5) is 0 Å². The van der Waals surface area contributed by atoms with E-state index in [-0.39, 0.29) is 35.9 Å². The maximum absolute atomic E-state index is 12.7. The molecule has 0 saturated carbocycles. The number of carbonyl (C=O) groups excluding carboxylic acids is 1. The normalized spacial score (nSPS) is 18.1. The van der Waals surface area contributed by atoms with Crippen LogP contribution in [0, 0.1) is 0 Å².